The normalized spacial score (nSPS) is 17.2. The van der Waals surface area contributed by atoms with E-state index in [0.717, 1.165) is 5.56 Å². The van der Waals surface area contributed by atoms with Crippen molar-refractivity contribution >= 4 is 5.97 Å². The maximum absolute atomic E-state index is 13.0. The van der Waals surface area contributed by atoms with E-state index in [1.807, 2.05) is 0 Å². The molecule has 1 aromatic heterocycles. The molecule has 30 heavy (non-hydrogen) atoms. The fraction of sp³-hybridized carbons (Fsp3) is 0.217. The topological polar surface area (TPSA) is 75.0 Å². The van der Waals surface area contributed by atoms with Crippen molar-refractivity contribution < 1.29 is 27.8 Å². The first kappa shape index (κ1) is 19.7. The summed E-state index contributed by atoms with van der Waals surface area (Å²) in [6.45, 7) is 1.92. The smallest absolute Gasteiger partial charge is 0.348 e. The number of hydrogen-bond acceptors (Lipinski definition) is 6. The lowest BCUT2D eigenvalue weighted by Crippen LogP contribution is -2.31. The van der Waals surface area contributed by atoms with E-state index in [9.17, 15) is 14.0 Å². The molecule has 0 spiro atoms. The van der Waals surface area contributed by atoms with Crippen molar-refractivity contribution in [2.24, 2.45) is 0 Å². The molecule has 1 aliphatic heterocycles. The van der Waals surface area contributed by atoms with Gasteiger partial charge in [-0.3, -0.25) is 0 Å². The summed E-state index contributed by atoms with van der Waals surface area (Å²) >= 11 is 0. The van der Waals surface area contributed by atoms with E-state index in [4.69, 9.17) is 18.6 Å². The SMILES string of the molecule is COC(=O)[C@@H]1Oc2cc(C)oc(=O)c2[C@@H]1c1ccc(OCc2ccc(F)cc2)cc1. The van der Waals surface area contributed by atoms with Gasteiger partial charge in [0.25, 0.3) is 0 Å². The highest BCUT2D eigenvalue weighted by atomic mass is 19.1. The summed E-state index contributed by atoms with van der Waals surface area (Å²) in [4.78, 5) is 24.8. The Balaban J connectivity index is 1.59. The van der Waals surface area contributed by atoms with Crippen LogP contribution in [0, 0.1) is 12.7 Å². The van der Waals surface area contributed by atoms with Crippen LogP contribution in [0.1, 0.15) is 28.4 Å². The van der Waals surface area contributed by atoms with Gasteiger partial charge in [-0.1, -0.05) is 24.3 Å². The van der Waals surface area contributed by atoms with Crippen molar-refractivity contribution in [2.75, 3.05) is 7.11 Å². The summed E-state index contributed by atoms with van der Waals surface area (Å²) in [7, 11) is 1.27. The molecular formula is C23H19FO6. The van der Waals surface area contributed by atoms with Crippen molar-refractivity contribution in [3.8, 4) is 11.5 Å². The van der Waals surface area contributed by atoms with Gasteiger partial charge in [0.05, 0.1) is 18.6 Å². The third-order valence-electron chi connectivity index (χ3n) is 4.93. The Hall–Kier alpha value is -3.61. The summed E-state index contributed by atoms with van der Waals surface area (Å²) < 4.78 is 34.5. The Morgan fingerprint density at radius 1 is 1.10 bits per heavy atom. The monoisotopic (exact) mass is 410 g/mol. The molecule has 0 amide bonds. The molecule has 2 heterocycles. The molecule has 0 aliphatic carbocycles. The third-order valence-corrected chi connectivity index (χ3v) is 4.93. The fourth-order valence-corrected chi connectivity index (χ4v) is 3.49. The van der Waals surface area contributed by atoms with Crippen molar-refractivity contribution in [1.82, 2.24) is 0 Å². The van der Waals surface area contributed by atoms with Gasteiger partial charge >= 0.3 is 11.6 Å². The molecular weight excluding hydrogens is 391 g/mol. The minimum absolute atomic E-state index is 0.280. The Kier molecular flexibility index (Phi) is 5.27. The van der Waals surface area contributed by atoms with E-state index < -0.39 is 23.6 Å². The van der Waals surface area contributed by atoms with Crippen LogP contribution in [0.5, 0.6) is 11.5 Å². The standard InChI is InChI=1S/C23H19FO6/c1-13-11-18-20(22(25)29-13)19(21(30-18)23(26)27-2)15-5-9-17(10-6-15)28-12-14-3-7-16(24)8-4-14/h3-11,19,21H,12H2,1-2H3/t19-,21+/m0/s1. The summed E-state index contributed by atoms with van der Waals surface area (Å²) in [5.41, 5.74) is 1.26. The molecule has 1 aliphatic rings. The molecule has 154 valence electrons. The van der Waals surface area contributed by atoms with E-state index in [2.05, 4.69) is 0 Å². The van der Waals surface area contributed by atoms with Crippen LogP contribution in [0.25, 0.3) is 0 Å². The number of carbonyl (C=O) groups excluding carboxylic acids is 1. The molecule has 0 saturated heterocycles. The molecule has 7 heteroatoms. The Morgan fingerprint density at radius 3 is 2.47 bits per heavy atom. The maximum atomic E-state index is 13.0. The molecule has 0 saturated carbocycles. The van der Waals surface area contributed by atoms with Gasteiger partial charge in [0.2, 0.25) is 6.10 Å². The van der Waals surface area contributed by atoms with Crippen LogP contribution < -0.4 is 15.1 Å². The van der Waals surface area contributed by atoms with E-state index in [1.165, 1.54) is 19.2 Å². The lowest BCUT2D eigenvalue weighted by Gasteiger charge is -2.17. The van der Waals surface area contributed by atoms with Gasteiger partial charge in [0, 0.05) is 6.07 Å². The quantitative estimate of drug-likeness (QED) is 0.597. The second-order valence-corrected chi connectivity index (χ2v) is 6.95. The van der Waals surface area contributed by atoms with Crippen molar-refractivity contribution in [2.45, 2.75) is 25.6 Å². The third kappa shape index (κ3) is 3.78. The summed E-state index contributed by atoms with van der Waals surface area (Å²) in [6, 6.07) is 14.6. The minimum atomic E-state index is -0.985. The first-order valence-corrected chi connectivity index (χ1v) is 9.32. The van der Waals surface area contributed by atoms with E-state index in [-0.39, 0.29) is 18.0 Å². The molecule has 4 rings (SSSR count). The molecule has 0 N–H and O–H groups in total. The van der Waals surface area contributed by atoms with Crippen molar-refractivity contribution in [3.05, 3.63) is 93.3 Å². The lowest BCUT2D eigenvalue weighted by atomic mass is 9.89. The first-order chi connectivity index (χ1) is 14.5. The van der Waals surface area contributed by atoms with Crippen molar-refractivity contribution in [3.63, 3.8) is 0 Å². The molecule has 3 aromatic rings. The lowest BCUT2D eigenvalue weighted by molar-refractivity contribution is -0.148. The van der Waals surface area contributed by atoms with Crippen LogP contribution in [0.2, 0.25) is 0 Å². The number of benzene rings is 2. The van der Waals surface area contributed by atoms with Crippen LogP contribution in [-0.4, -0.2) is 19.2 Å². The highest BCUT2D eigenvalue weighted by Crippen LogP contribution is 2.41. The van der Waals surface area contributed by atoms with Crippen LogP contribution in [0.15, 0.2) is 63.8 Å². The highest BCUT2D eigenvalue weighted by molar-refractivity contribution is 5.79. The summed E-state index contributed by atoms with van der Waals surface area (Å²) in [6.07, 6.45) is -0.985. The Morgan fingerprint density at radius 2 is 1.80 bits per heavy atom. The van der Waals surface area contributed by atoms with E-state index >= 15 is 0 Å². The zero-order valence-corrected chi connectivity index (χ0v) is 16.4. The van der Waals surface area contributed by atoms with Crippen LogP contribution in [-0.2, 0) is 16.1 Å². The van der Waals surface area contributed by atoms with Crippen LogP contribution >= 0.6 is 0 Å². The molecule has 2 aromatic carbocycles. The molecule has 2 atom stereocenters. The predicted molar refractivity (Wildman–Crippen MR) is 105 cm³/mol. The van der Waals surface area contributed by atoms with Gasteiger partial charge in [-0.25, -0.2) is 14.0 Å². The molecule has 0 fully saturated rings. The molecule has 0 unspecified atom stereocenters. The zero-order valence-electron chi connectivity index (χ0n) is 16.4. The second kappa shape index (κ2) is 8.02. The van der Waals surface area contributed by atoms with Gasteiger partial charge in [-0.05, 0) is 42.3 Å². The Labute approximate surface area is 171 Å². The van der Waals surface area contributed by atoms with E-state index in [1.54, 1.807) is 49.4 Å². The van der Waals surface area contributed by atoms with Crippen LogP contribution in [0.3, 0.4) is 0 Å². The highest BCUT2D eigenvalue weighted by Gasteiger charge is 2.44. The maximum Gasteiger partial charge on any atom is 0.348 e. The second-order valence-electron chi connectivity index (χ2n) is 6.95. The van der Waals surface area contributed by atoms with Gasteiger partial charge < -0.3 is 18.6 Å². The van der Waals surface area contributed by atoms with Gasteiger partial charge in [0.15, 0.2) is 0 Å². The summed E-state index contributed by atoms with van der Waals surface area (Å²) in [5.74, 6) is -0.233. The van der Waals surface area contributed by atoms with Gasteiger partial charge in [0.1, 0.15) is 29.7 Å². The number of ether oxygens (including phenoxy) is 3. The molecule has 6 nitrogen and oxygen atoms in total. The predicted octanol–water partition coefficient (Wildman–Crippen LogP) is 3.73. The number of aryl methyl sites for hydroxylation is 1. The van der Waals surface area contributed by atoms with Crippen molar-refractivity contribution in [1.29, 1.82) is 0 Å². The number of hydrogen-bond donors (Lipinski definition) is 0. The molecule has 0 bridgehead atoms. The van der Waals surface area contributed by atoms with E-state index in [0.29, 0.717) is 22.8 Å². The minimum Gasteiger partial charge on any atom is -0.489 e. The summed E-state index contributed by atoms with van der Waals surface area (Å²) in [5, 5.41) is 0. The van der Waals surface area contributed by atoms with Crippen LogP contribution in [0.4, 0.5) is 4.39 Å². The van der Waals surface area contributed by atoms with Gasteiger partial charge in [-0.2, -0.15) is 0 Å². The number of halogens is 1. The number of rotatable bonds is 5. The zero-order chi connectivity index (χ0) is 21.3. The Bertz CT molecular complexity index is 1120. The largest absolute Gasteiger partial charge is 0.489 e. The number of esters is 1. The molecule has 0 radical (unpaired) electrons. The van der Waals surface area contributed by atoms with Gasteiger partial charge in [-0.15, -0.1) is 0 Å². The number of fused-ring (bicyclic) bond motifs is 1. The number of methoxy groups -OCH3 is 1. The first-order valence-electron chi connectivity index (χ1n) is 9.32. The fourth-order valence-electron chi connectivity index (χ4n) is 3.49. The average Bonchev–Trinajstić information content (AvgIpc) is 3.13. The average molecular weight is 410 g/mol. The number of carbonyl (C=O) groups is 1.